The Labute approximate surface area is 139 Å². The topological polar surface area (TPSA) is 39.3 Å². The second-order valence-corrected chi connectivity index (χ2v) is 7.64. The minimum Gasteiger partial charge on any atom is -0.396 e. The number of likely N-dealkylation sites (tertiary alicyclic amines) is 1. The number of aromatic amines is 1. The largest absolute Gasteiger partial charge is 0.396 e. The summed E-state index contributed by atoms with van der Waals surface area (Å²) in [6.07, 6.45) is 3.40. The fraction of sp³-hybridized carbons (Fsp3) is 0.556. The molecule has 1 fully saturated rings. The van der Waals surface area contributed by atoms with Crippen molar-refractivity contribution in [3.8, 4) is 0 Å². The molecule has 0 saturated carbocycles. The van der Waals surface area contributed by atoms with Crippen LogP contribution >= 0.6 is 15.9 Å². The van der Waals surface area contributed by atoms with Gasteiger partial charge in [0.1, 0.15) is 0 Å². The van der Waals surface area contributed by atoms with Gasteiger partial charge in [-0.05, 0) is 64.8 Å². The van der Waals surface area contributed by atoms with Crippen LogP contribution in [0, 0.1) is 5.92 Å². The van der Waals surface area contributed by atoms with Crippen LogP contribution in [0.15, 0.2) is 22.8 Å². The number of nitrogens with zero attached hydrogens (tertiary/aromatic N) is 1. The molecule has 2 heterocycles. The number of piperidine rings is 1. The van der Waals surface area contributed by atoms with E-state index in [0.717, 1.165) is 30.5 Å². The number of H-pyrrole nitrogens is 1. The highest BCUT2D eigenvalue weighted by molar-refractivity contribution is 9.10. The quantitative estimate of drug-likeness (QED) is 0.874. The zero-order valence-electron chi connectivity index (χ0n) is 13.0. The summed E-state index contributed by atoms with van der Waals surface area (Å²) >= 11 is 3.72. The first kappa shape index (κ1) is 14.7. The van der Waals surface area contributed by atoms with Crippen molar-refractivity contribution >= 4 is 26.8 Å². The zero-order valence-corrected chi connectivity index (χ0v) is 14.6. The van der Waals surface area contributed by atoms with E-state index in [-0.39, 0.29) is 0 Å². The van der Waals surface area contributed by atoms with Crippen molar-refractivity contribution in [1.29, 1.82) is 0 Å². The number of hydrogen-bond donors (Lipinski definition) is 2. The number of aromatic nitrogens is 1. The van der Waals surface area contributed by atoms with Crippen LogP contribution in [0.25, 0.3) is 10.9 Å². The molecule has 0 spiro atoms. The van der Waals surface area contributed by atoms with Gasteiger partial charge in [-0.15, -0.1) is 0 Å². The van der Waals surface area contributed by atoms with Crippen LogP contribution < -0.4 is 0 Å². The van der Waals surface area contributed by atoms with Crippen molar-refractivity contribution < 1.29 is 5.11 Å². The SMILES string of the molecule is CCCN1C[C@@H](CO)C[C@@H]2c3cccc4[nH]c(Br)c(c34)C[C@H]21. The van der Waals surface area contributed by atoms with Crippen molar-refractivity contribution in [2.75, 3.05) is 19.7 Å². The van der Waals surface area contributed by atoms with Gasteiger partial charge in [-0.2, -0.15) is 0 Å². The highest BCUT2D eigenvalue weighted by Gasteiger charge is 2.40. The van der Waals surface area contributed by atoms with Crippen LogP contribution in [0.3, 0.4) is 0 Å². The summed E-state index contributed by atoms with van der Waals surface area (Å²) in [5, 5.41) is 11.1. The fourth-order valence-corrected chi connectivity index (χ4v) is 5.19. The minimum atomic E-state index is 0.309. The molecule has 2 aliphatic rings. The third kappa shape index (κ3) is 2.15. The molecule has 22 heavy (non-hydrogen) atoms. The van der Waals surface area contributed by atoms with Crippen LogP contribution in [0.5, 0.6) is 0 Å². The lowest BCUT2D eigenvalue weighted by Crippen LogP contribution is -2.50. The molecule has 2 N–H and O–H groups in total. The summed E-state index contributed by atoms with van der Waals surface area (Å²) in [5.41, 5.74) is 4.16. The Morgan fingerprint density at radius 1 is 1.41 bits per heavy atom. The molecule has 1 aliphatic carbocycles. The number of halogens is 1. The van der Waals surface area contributed by atoms with E-state index in [1.807, 2.05) is 0 Å². The van der Waals surface area contributed by atoms with E-state index >= 15 is 0 Å². The van der Waals surface area contributed by atoms with Gasteiger partial charge in [0.05, 0.1) is 4.60 Å². The van der Waals surface area contributed by atoms with Gasteiger partial charge in [0.25, 0.3) is 0 Å². The Hall–Kier alpha value is -0.840. The molecule has 0 amide bonds. The standard InChI is InChI=1S/C18H23BrN2O/c1-2-6-21-9-11(10-22)7-13-12-4-3-5-15-17(12)14(8-16(13)21)18(19)20-15/h3-5,11,13,16,20,22H,2,6-10H2,1H3/t11-,13+,16+/m0/s1. The number of aliphatic hydroxyl groups is 1. The number of benzene rings is 1. The second kappa shape index (κ2) is 5.66. The van der Waals surface area contributed by atoms with Gasteiger partial charge in [-0.3, -0.25) is 4.90 Å². The maximum atomic E-state index is 9.72. The Kier molecular flexibility index (Phi) is 3.79. The van der Waals surface area contributed by atoms with Gasteiger partial charge in [-0.25, -0.2) is 0 Å². The third-order valence-electron chi connectivity index (χ3n) is 5.50. The van der Waals surface area contributed by atoms with Gasteiger partial charge in [0.15, 0.2) is 0 Å². The van der Waals surface area contributed by atoms with Gasteiger partial charge < -0.3 is 10.1 Å². The number of hydrogen-bond acceptors (Lipinski definition) is 2. The predicted octanol–water partition coefficient (Wildman–Crippen LogP) is 3.66. The van der Waals surface area contributed by atoms with E-state index in [9.17, 15) is 5.11 Å². The molecule has 4 heteroatoms. The monoisotopic (exact) mass is 362 g/mol. The lowest BCUT2D eigenvalue weighted by molar-refractivity contribution is 0.0571. The summed E-state index contributed by atoms with van der Waals surface area (Å²) < 4.78 is 1.15. The molecular weight excluding hydrogens is 340 g/mol. The summed E-state index contributed by atoms with van der Waals surface area (Å²) in [7, 11) is 0. The van der Waals surface area contributed by atoms with Crippen molar-refractivity contribution in [3.05, 3.63) is 33.9 Å². The molecule has 0 bridgehead atoms. The van der Waals surface area contributed by atoms with Gasteiger partial charge in [0.2, 0.25) is 0 Å². The minimum absolute atomic E-state index is 0.309. The summed E-state index contributed by atoms with van der Waals surface area (Å²) in [6, 6.07) is 7.21. The Balaban J connectivity index is 1.83. The lowest BCUT2D eigenvalue weighted by atomic mass is 9.72. The molecular formula is C18H23BrN2O. The highest BCUT2D eigenvalue weighted by Crippen LogP contribution is 2.46. The second-order valence-electron chi connectivity index (χ2n) is 6.84. The van der Waals surface area contributed by atoms with Crippen LogP contribution in [0.1, 0.15) is 36.8 Å². The summed E-state index contributed by atoms with van der Waals surface area (Å²) in [4.78, 5) is 6.11. The molecule has 1 aromatic carbocycles. The van der Waals surface area contributed by atoms with E-state index in [1.54, 1.807) is 0 Å². The highest BCUT2D eigenvalue weighted by atomic mass is 79.9. The van der Waals surface area contributed by atoms with E-state index in [4.69, 9.17) is 0 Å². The summed E-state index contributed by atoms with van der Waals surface area (Å²) in [5.74, 6) is 0.961. The Morgan fingerprint density at radius 3 is 3.05 bits per heavy atom. The molecule has 0 radical (unpaired) electrons. The molecule has 3 atom stereocenters. The average molecular weight is 363 g/mol. The van der Waals surface area contributed by atoms with Crippen LogP contribution in [0.4, 0.5) is 0 Å². The molecule has 3 nitrogen and oxygen atoms in total. The van der Waals surface area contributed by atoms with Crippen LogP contribution in [0.2, 0.25) is 0 Å². The molecule has 118 valence electrons. The smallest absolute Gasteiger partial charge is 0.0864 e. The molecule has 1 aromatic heterocycles. The van der Waals surface area contributed by atoms with Crippen molar-refractivity contribution in [1.82, 2.24) is 9.88 Å². The van der Waals surface area contributed by atoms with E-state index < -0.39 is 0 Å². The predicted molar refractivity (Wildman–Crippen MR) is 93.3 cm³/mol. The number of aliphatic hydroxyl groups excluding tert-OH is 1. The lowest BCUT2D eigenvalue weighted by Gasteiger charge is -2.47. The van der Waals surface area contributed by atoms with Crippen molar-refractivity contribution in [2.24, 2.45) is 5.92 Å². The first-order chi connectivity index (χ1) is 10.7. The van der Waals surface area contributed by atoms with Gasteiger partial charge in [0, 0.05) is 36.0 Å². The molecule has 1 aliphatic heterocycles. The van der Waals surface area contributed by atoms with Gasteiger partial charge >= 0.3 is 0 Å². The Morgan fingerprint density at radius 2 is 2.27 bits per heavy atom. The van der Waals surface area contributed by atoms with Gasteiger partial charge in [-0.1, -0.05) is 19.1 Å². The van der Waals surface area contributed by atoms with Crippen molar-refractivity contribution in [3.63, 3.8) is 0 Å². The van der Waals surface area contributed by atoms with E-state index in [2.05, 4.69) is 50.9 Å². The first-order valence-corrected chi connectivity index (χ1v) is 9.16. The van der Waals surface area contributed by atoms with Crippen LogP contribution in [-0.2, 0) is 6.42 Å². The maximum absolute atomic E-state index is 9.72. The summed E-state index contributed by atoms with van der Waals surface area (Å²) in [6.45, 7) is 4.73. The molecule has 4 rings (SSSR count). The van der Waals surface area contributed by atoms with E-state index in [1.165, 1.54) is 28.5 Å². The first-order valence-electron chi connectivity index (χ1n) is 8.36. The number of rotatable bonds is 3. The number of nitrogens with one attached hydrogen (secondary N) is 1. The molecule has 1 saturated heterocycles. The Bertz CT molecular complexity index is 696. The zero-order chi connectivity index (χ0) is 15.3. The maximum Gasteiger partial charge on any atom is 0.0864 e. The molecule has 2 aromatic rings. The average Bonchev–Trinajstić information content (AvgIpc) is 2.85. The normalized spacial score (nSPS) is 28.0. The molecule has 0 unspecified atom stereocenters. The van der Waals surface area contributed by atoms with Crippen molar-refractivity contribution in [2.45, 2.75) is 38.1 Å². The fourth-order valence-electron chi connectivity index (χ4n) is 4.62. The third-order valence-corrected chi connectivity index (χ3v) is 6.18. The van der Waals surface area contributed by atoms with E-state index in [0.29, 0.717) is 24.5 Å². The van der Waals surface area contributed by atoms with Crippen LogP contribution in [-0.4, -0.2) is 40.7 Å². The number of fused-ring (bicyclic) bond motifs is 2.